The molecule has 1 aliphatic heterocycles. The van der Waals surface area contributed by atoms with E-state index in [0.29, 0.717) is 0 Å². The van der Waals surface area contributed by atoms with Gasteiger partial charge in [0.1, 0.15) is 0 Å². The first-order valence-electron chi connectivity index (χ1n) is 5.55. The van der Waals surface area contributed by atoms with Gasteiger partial charge in [-0.05, 0) is 6.42 Å². The molecule has 1 atom stereocenters. The third-order valence-corrected chi connectivity index (χ3v) is 3.08. The lowest BCUT2D eigenvalue weighted by molar-refractivity contribution is 0.751. The van der Waals surface area contributed by atoms with Crippen LogP contribution in [0.1, 0.15) is 6.42 Å². The molecule has 1 aromatic carbocycles. The summed E-state index contributed by atoms with van der Waals surface area (Å²) in [4.78, 5) is 2.22. The van der Waals surface area contributed by atoms with Crippen LogP contribution in [0.2, 0.25) is 0 Å². The molecule has 3 rings (SSSR count). The van der Waals surface area contributed by atoms with Crippen molar-refractivity contribution < 1.29 is 0 Å². The molecule has 0 bridgehead atoms. The minimum Gasteiger partial charge on any atom is -0.353 e. The first-order chi connectivity index (χ1) is 7.84. The summed E-state index contributed by atoms with van der Waals surface area (Å²) in [5, 5.41) is 10.6. The molecular weight excluding hydrogens is 200 g/mol. The Kier molecular flexibility index (Phi) is 2.22. The van der Waals surface area contributed by atoms with Crippen LogP contribution in [-0.2, 0) is 0 Å². The Morgan fingerprint density at radius 3 is 3.00 bits per heavy atom. The van der Waals surface area contributed by atoms with Gasteiger partial charge in [0.2, 0.25) is 0 Å². The molecule has 16 heavy (non-hydrogen) atoms. The van der Waals surface area contributed by atoms with Gasteiger partial charge in [-0.25, -0.2) is 0 Å². The van der Waals surface area contributed by atoms with E-state index >= 15 is 0 Å². The van der Waals surface area contributed by atoms with Gasteiger partial charge >= 0.3 is 0 Å². The molecule has 82 valence electrons. The number of fused-ring (bicyclic) bond motifs is 1. The molecule has 1 saturated heterocycles. The highest BCUT2D eigenvalue weighted by Crippen LogP contribution is 2.25. The SMILES string of the molecule is NC1CCN(c2nncc3ccccc23)C1. The molecule has 0 aliphatic carbocycles. The summed E-state index contributed by atoms with van der Waals surface area (Å²) in [6.07, 6.45) is 2.83. The topological polar surface area (TPSA) is 55.0 Å². The van der Waals surface area contributed by atoms with Gasteiger partial charge in [0, 0.05) is 29.9 Å². The predicted octanol–water partition coefficient (Wildman–Crippen LogP) is 1.17. The Hall–Kier alpha value is -1.68. The van der Waals surface area contributed by atoms with Gasteiger partial charge in [-0.15, -0.1) is 5.10 Å². The molecule has 2 aromatic rings. The van der Waals surface area contributed by atoms with Crippen LogP contribution in [0.3, 0.4) is 0 Å². The molecule has 0 saturated carbocycles. The first-order valence-corrected chi connectivity index (χ1v) is 5.55. The molecular formula is C12H14N4. The lowest BCUT2D eigenvalue weighted by atomic mass is 10.2. The lowest BCUT2D eigenvalue weighted by Gasteiger charge is -2.17. The maximum atomic E-state index is 5.92. The van der Waals surface area contributed by atoms with E-state index in [-0.39, 0.29) is 6.04 Å². The molecule has 0 radical (unpaired) electrons. The fraction of sp³-hybridized carbons (Fsp3) is 0.333. The molecule has 0 amide bonds. The van der Waals surface area contributed by atoms with E-state index in [1.165, 1.54) is 0 Å². The Balaban J connectivity index is 2.09. The van der Waals surface area contributed by atoms with Gasteiger partial charge in [-0.2, -0.15) is 5.10 Å². The molecule has 1 aromatic heterocycles. The fourth-order valence-electron chi connectivity index (χ4n) is 2.23. The predicted molar refractivity (Wildman–Crippen MR) is 64.3 cm³/mol. The molecule has 0 spiro atoms. The number of benzene rings is 1. The number of anilines is 1. The molecule has 4 nitrogen and oxygen atoms in total. The van der Waals surface area contributed by atoms with Gasteiger partial charge in [0.15, 0.2) is 5.82 Å². The zero-order valence-corrected chi connectivity index (χ0v) is 9.00. The summed E-state index contributed by atoms with van der Waals surface area (Å²) in [7, 11) is 0. The average molecular weight is 214 g/mol. The number of hydrogen-bond donors (Lipinski definition) is 1. The standard InChI is InChI=1S/C12H14N4/c13-10-5-6-16(8-10)12-11-4-2-1-3-9(11)7-14-15-12/h1-4,7,10H,5-6,8,13H2. The second kappa shape index (κ2) is 3.72. The van der Waals surface area contributed by atoms with Gasteiger partial charge in [0.25, 0.3) is 0 Å². The van der Waals surface area contributed by atoms with E-state index in [0.717, 1.165) is 36.1 Å². The number of nitrogens with two attached hydrogens (primary N) is 1. The van der Waals surface area contributed by atoms with E-state index in [1.54, 1.807) is 6.20 Å². The van der Waals surface area contributed by atoms with Gasteiger partial charge in [0.05, 0.1) is 6.20 Å². The van der Waals surface area contributed by atoms with Gasteiger partial charge in [-0.3, -0.25) is 0 Å². The normalized spacial score (nSPS) is 20.6. The Labute approximate surface area is 94.1 Å². The quantitative estimate of drug-likeness (QED) is 0.774. The third kappa shape index (κ3) is 1.51. The van der Waals surface area contributed by atoms with Crippen molar-refractivity contribution in [3.63, 3.8) is 0 Å². The highest BCUT2D eigenvalue weighted by atomic mass is 15.3. The van der Waals surface area contributed by atoms with Crippen molar-refractivity contribution in [2.75, 3.05) is 18.0 Å². The molecule has 2 N–H and O–H groups in total. The maximum absolute atomic E-state index is 5.92. The summed E-state index contributed by atoms with van der Waals surface area (Å²) in [6, 6.07) is 8.46. The van der Waals surface area contributed by atoms with Crippen molar-refractivity contribution in [1.29, 1.82) is 0 Å². The molecule has 1 fully saturated rings. The molecule has 1 aliphatic rings. The average Bonchev–Trinajstić information content (AvgIpc) is 2.75. The van der Waals surface area contributed by atoms with Crippen LogP contribution in [0.25, 0.3) is 10.8 Å². The number of hydrogen-bond acceptors (Lipinski definition) is 4. The van der Waals surface area contributed by atoms with Crippen molar-refractivity contribution in [1.82, 2.24) is 10.2 Å². The lowest BCUT2D eigenvalue weighted by Crippen LogP contribution is -2.27. The van der Waals surface area contributed by atoms with Crippen molar-refractivity contribution in [2.45, 2.75) is 12.5 Å². The van der Waals surface area contributed by atoms with Crippen LogP contribution in [0.15, 0.2) is 30.5 Å². The van der Waals surface area contributed by atoms with Crippen LogP contribution >= 0.6 is 0 Å². The van der Waals surface area contributed by atoms with Crippen LogP contribution in [0.5, 0.6) is 0 Å². The Morgan fingerprint density at radius 2 is 2.19 bits per heavy atom. The summed E-state index contributed by atoms with van der Waals surface area (Å²) >= 11 is 0. The zero-order chi connectivity index (χ0) is 11.0. The highest BCUT2D eigenvalue weighted by Gasteiger charge is 2.21. The van der Waals surface area contributed by atoms with Crippen molar-refractivity contribution >= 4 is 16.6 Å². The maximum Gasteiger partial charge on any atom is 0.159 e. The van der Waals surface area contributed by atoms with Gasteiger partial charge in [-0.1, -0.05) is 24.3 Å². The van der Waals surface area contributed by atoms with Crippen molar-refractivity contribution in [3.8, 4) is 0 Å². The van der Waals surface area contributed by atoms with Crippen molar-refractivity contribution in [3.05, 3.63) is 30.5 Å². The van der Waals surface area contributed by atoms with E-state index < -0.39 is 0 Å². The molecule has 1 unspecified atom stereocenters. The Bertz CT molecular complexity index is 506. The van der Waals surface area contributed by atoms with E-state index in [1.807, 2.05) is 12.1 Å². The first kappa shape index (κ1) is 9.54. The van der Waals surface area contributed by atoms with E-state index in [9.17, 15) is 0 Å². The van der Waals surface area contributed by atoms with Crippen molar-refractivity contribution in [2.24, 2.45) is 5.73 Å². The van der Waals surface area contributed by atoms with Gasteiger partial charge < -0.3 is 10.6 Å². The third-order valence-electron chi connectivity index (χ3n) is 3.08. The largest absolute Gasteiger partial charge is 0.353 e. The van der Waals surface area contributed by atoms with Crippen LogP contribution in [0.4, 0.5) is 5.82 Å². The summed E-state index contributed by atoms with van der Waals surface area (Å²) in [6.45, 7) is 1.85. The molecule has 2 heterocycles. The highest BCUT2D eigenvalue weighted by molar-refractivity contribution is 5.91. The monoisotopic (exact) mass is 214 g/mol. The van der Waals surface area contributed by atoms with E-state index in [2.05, 4.69) is 27.2 Å². The second-order valence-corrected chi connectivity index (χ2v) is 4.25. The Morgan fingerprint density at radius 1 is 1.31 bits per heavy atom. The van der Waals surface area contributed by atoms with Crippen LogP contribution in [0, 0.1) is 0 Å². The number of aromatic nitrogens is 2. The molecule has 4 heteroatoms. The van der Waals surface area contributed by atoms with Crippen LogP contribution < -0.4 is 10.6 Å². The summed E-state index contributed by atoms with van der Waals surface area (Å²) in [5.41, 5.74) is 5.92. The summed E-state index contributed by atoms with van der Waals surface area (Å²) < 4.78 is 0. The second-order valence-electron chi connectivity index (χ2n) is 4.25. The zero-order valence-electron chi connectivity index (χ0n) is 9.00. The number of nitrogens with zero attached hydrogens (tertiary/aromatic N) is 3. The smallest absolute Gasteiger partial charge is 0.159 e. The summed E-state index contributed by atoms with van der Waals surface area (Å²) in [5.74, 6) is 0.964. The number of rotatable bonds is 1. The minimum atomic E-state index is 0.265. The fourth-order valence-corrected chi connectivity index (χ4v) is 2.23. The van der Waals surface area contributed by atoms with E-state index in [4.69, 9.17) is 5.73 Å². The minimum absolute atomic E-state index is 0.265. The van der Waals surface area contributed by atoms with Crippen LogP contribution in [-0.4, -0.2) is 29.3 Å².